The molecule has 0 nitrogen and oxygen atoms in total. The Labute approximate surface area is 88.5 Å². The molecule has 13 heavy (non-hydrogen) atoms. The lowest BCUT2D eigenvalue weighted by molar-refractivity contribution is 0.917. The summed E-state index contributed by atoms with van der Waals surface area (Å²) in [6.45, 7) is 6.26. The van der Waals surface area contributed by atoms with Crippen molar-refractivity contribution in [3.05, 3.63) is 40.7 Å². The predicted molar refractivity (Wildman–Crippen MR) is 59.9 cm³/mol. The normalized spacial score (nSPS) is 16.6. The second-order valence-corrected chi connectivity index (χ2v) is 4.77. The zero-order chi connectivity index (χ0) is 9.42. The Morgan fingerprint density at radius 3 is 2.69 bits per heavy atom. The maximum atomic E-state index is 4.10. The van der Waals surface area contributed by atoms with Gasteiger partial charge in [0, 0.05) is 4.47 Å². The summed E-state index contributed by atoms with van der Waals surface area (Å²) >= 11 is 3.63. The van der Waals surface area contributed by atoms with Crippen molar-refractivity contribution in [2.45, 2.75) is 31.6 Å². The van der Waals surface area contributed by atoms with Gasteiger partial charge in [0.2, 0.25) is 0 Å². The van der Waals surface area contributed by atoms with Gasteiger partial charge in [0.1, 0.15) is 0 Å². The van der Waals surface area contributed by atoms with Crippen LogP contribution < -0.4 is 0 Å². The van der Waals surface area contributed by atoms with Crippen LogP contribution in [0.4, 0.5) is 0 Å². The SMILES string of the molecule is [CH2]C(C)c1cccc(Br)c1C1CC1. The molecule has 0 bridgehead atoms. The fraction of sp³-hybridized carbons (Fsp3) is 0.417. The lowest BCUT2D eigenvalue weighted by Gasteiger charge is -2.13. The van der Waals surface area contributed by atoms with Gasteiger partial charge in [-0.15, -0.1) is 0 Å². The Kier molecular flexibility index (Phi) is 2.46. The number of benzene rings is 1. The summed E-state index contributed by atoms with van der Waals surface area (Å²) < 4.78 is 1.27. The Morgan fingerprint density at radius 1 is 1.46 bits per heavy atom. The topological polar surface area (TPSA) is 0 Å². The molecule has 1 atom stereocenters. The van der Waals surface area contributed by atoms with E-state index in [1.54, 1.807) is 0 Å². The van der Waals surface area contributed by atoms with Gasteiger partial charge in [0.15, 0.2) is 0 Å². The van der Waals surface area contributed by atoms with E-state index in [0.29, 0.717) is 5.92 Å². The van der Waals surface area contributed by atoms with Gasteiger partial charge in [-0.2, -0.15) is 0 Å². The lowest BCUT2D eigenvalue weighted by atomic mass is 9.95. The van der Waals surface area contributed by atoms with Gasteiger partial charge in [-0.05, 0) is 48.8 Å². The molecule has 1 saturated carbocycles. The minimum Gasteiger partial charge on any atom is -0.0608 e. The third-order valence-corrected chi connectivity index (χ3v) is 3.29. The molecule has 1 aromatic rings. The molecular weight excluding hydrogens is 224 g/mol. The molecule has 0 aliphatic heterocycles. The average Bonchev–Trinajstić information content (AvgIpc) is 2.86. The summed E-state index contributed by atoms with van der Waals surface area (Å²) in [5.74, 6) is 1.20. The van der Waals surface area contributed by atoms with Crippen molar-refractivity contribution in [1.29, 1.82) is 0 Å². The van der Waals surface area contributed by atoms with E-state index in [1.165, 1.54) is 28.4 Å². The van der Waals surface area contributed by atoms with Gasteiger partial charge in [0.25, 0.3) is 0 Å². The molecule has 1 heteroatoms. The van der Waals surface area contributed by atoms with E-state index in [-0.39, 0.29) is 0 Å². The quantitative estimate of drug-likeness (QED) is 0.721. The monoisotopic (exact) mass is 237 g/mol. The Bertz CT molecular complexity index is 311. The number of hydrogen-bond donors (Lipinski definition) is 0. The van der Waals surface area contributed by atoms with Crippen molar-refractivity contribution >= 4 is 15.9 Å². The van der Waals surface area contributed by atoms with Crippen LogP contribution in [0.5, 0.6) is 0 Å². The Hall–Kier alpha value is -0.300. The van der Waals surface area contributed by atoms with Gasteiger partial charge in [-0.1, -0.05) is 35.0 Å². The van der Waals surface area contributed by atoms with Gasteiger partial charge >= 0.3 is 0 Å². The largest absolute Gasteiger partial charge is 0.0608 e. The van der Waals surface area contributed by atoms with E-state index < -0.39 is 0 Å². The smallest absolute Gasteiger partial charge is 0.0212 e. The third-order valence-electron chi connectivity index (χ3n) is 2.60. The molecule has 0 aromatic heterocycles. The second-order valence-electron chi connectivity index (χ2n) is 3.92. The molecule has 2 rings (SSSR count). The second kappa shape index (κ2) is 3.45. The minimum atomic E-state index is 0.396. The van der Waals surface area contributed by atoms with E-state index in [0.717, 1.165) is 5.92 Å². The highest BCUT2D eigenvalue weighted by Crippen LogP contribution is 2.46. The van der Waals surface area contributed by atoms with Crippen LogP contribution in [0.1, 0.15) is 42.7 Å². The number of rotatable bonds is 2. The molecule has 1 aliphatic rings. The van der Waals surface area contributed by atoms with Crippen LogP contribution >= 0.6 is 15.9 Å². The molecule has 0 N–H and O–H groups in total. The summed E-state index contributed by atoms with van der Waals surface area (Å²) in [6, 6.07) is 6.45. The zero-order valence-electron chi connectivity index (χ0n) is 7.89. The molecule has 1 aliphatic carbocycles. The summed E-state index contributed by atoms with van der Waals surface area (Å²) in [4.78, 5) is 0. The van der Waals surface area contributed by atoms with Crippen molar-refractivity contribution in [3.63, 3.8) is 0 Å². The predicted octanol–water partition coefficient (Wildman–Crippen LogP) is 4.26. The first-order valence-electron chi connectivity index (χ1n) is 4.81. The summed E-state index contributed by atoms with van der Waals surface area (Å²) in [5.41, 5.74) is 2.92. The highest BCUT2D eigenvalue weighted by molar-refractivity contribution is 9.10. The Morgan fingerprint density at radius 2 is 2.15 bits per heavy atom. The van der Waals surface area contributed by atoms with E-state index in [4.69, 9.17) is 0 Å². The molecule has 1 fully saturated rings. The van der Waals surface area contributed by atoms with Crippen LogP contribution in [0.15, 0.2) is 22.7 Å². The van der Waals surface area contributed by atoms with Crippen LogP contribution in [0.2, 0.25) is 0 Å². The fourth-order valence-corrected chi connectivity index (χ4v) is 2.49. The minimum absolute atomic E-state index is 0.396. The van der Waals surface area contributed by atoms with E-state index in [9.17, 15) is 0 Å². The molecule has 69 valence electrons. The van der Waals surface area contributed by atoms with Crippen molar-refractivity contribution < 1.29 is 0 Å². The molecule has 0 amide bonds. The zero-order valence-corrected chi connectivity index (χ0v) is 9.47. The third kappa shape index (κ3) is 1.80. The molecule has 1 unspecified atom stereocenters. The van der Waals surface area contributed by atoms with Crippen LogP contribution in [-0.2, 0) is 0 Å². The van der Waals surface area contributed by atoms with Crippen molar-refractivity contribution in [1.82, 2.24) is 0 Å². The van der Waals surface area contributed by atoms with E-state index in [2.05, 4.69) is 48.0 Å². The average molecular weight is 238 g/mol. The Balaban J connectivity index is 2.47. The van der Waals surface area contributed by atoms with Gasteiger partial charge in [0.05, 0.1) is 0 Å². The first kappa shape index (κ1) is 9.26. The molecule has 0 spiro atoms. The van der Waals surface area contributed by atoms with Crippen molar-refractivity contribution in [3.8, 4) is 0 Å². The van der Waals surface area contributed by atoms with Gasteiger partial charge < -0.3 is 0 Å². The van der Waals surface area contributed by atoms with Crippen molar-refractivity contribution in [2.75, 3.05) is 0 Å². The van der Waals surface area contributed by atoms with Crippen LogP contribution in [-0.4, -0.2) is 0 Å². The lowest BCUT2D eigenvalue weighted by Crippen LogP contribution is -1.95. The first-order chi connectivity index (χ1) is 6.20. The number of halogens is 1. The molecule has 1 radical (unpaired) electrons. The van der Waals surface area contributed by atoms with Crippen LogP contribution in [0.3, 0.4) is 0 Å². The molecule has 0 saturated heterocycles. The summed E-state index contributed by atoms with van der Waals surface area (Å²) in [7, 11) is 0. The van der Waals surface area contributed by atoms with Gasteiger partial charge in [-0.25, -0.2) is 0 Å². The van der Waals surface area contributed by atoms with E-state index >= 15 is 0 Å². The standard InChI is InChI=1S/C12H14Br/c1-8(2)10-4-3-5-11(13)12(10)9-6-7-9/h3-5,8-9H,1,6-7H2,2H3. The summed E-state index contributed by atoms with van der Waals surface area (Å²) in [5, 5.41) is 0. The van der Waals surface area contributed by atoms with Crippen molar-refractivity contribution in [2.24, 2.45) is 0 Å². The van der Waals surface area contributed by atoms with E-state index in [1.807, 2.05) is 0 Å². The van der Waals surface area contributed by atoms with Crippen LogP contribution in [0.25, 0.3) is 0 Å². The van der Waals surface area contributed by atoms with Gasteiger partial charge in [-0.3, -0.25) is 0 Å². The molecule has 0 heterocycles. The fourth-order valence-electron chi connectivity index (χ4n) is 1.79. The molecule has 1 aromatic carbocycles. The highest BCUT2D eigenvalue weighted by atomic mass is 79.9. The number of hydrogen-bond acceptors (Lipinski definition) is 0. The first-order valence-corrected chi connectivity index (χ1v) is 5.61. The highest BCUT2D eigenvalue weighted by Gasteiger charge is 2.28. The molecular formula is C12H14Br. The van der Waals surface area contributed by atoms with Crippen LogP contribution in [0, 0.1) is 6.92 Å². The maximum absolute atomic E-state index is 4.10. The maximum Gasteiger partial charge on any atom is 0.0212 e. The summed E-state index contributed by atoms with van der Waals surface area (Å²) in [6.07, 6.45) is 2.70.